The highest BCUT2D eigenvalue weighted by molar-refractivity contribution is 6.30. The van der Waals surface area contributed by atoms with E-state index >= 15 is 0 Å². The molecule has 3 aromatic carbocycles. The normalized spacial score (nSPS) is 24.9. The summed E-state index contributed by atoms with van der Waals surface area (Å²) < 4.78 is 19.6. The summed E-state index contributed by atoms with van der Waals surface area (Å²) in [5.74, 6) is 0.112. The summed E-state index contributed by atoms with van der Waals surface area (Å²) in [6.07, 6.45) is 6.17. The van der Waals surface area contributed by atoms with Gasteiger partial charge in [0.2, 0.25) is 0 Å². The van der Waals surface area contributed by atoms with Gasteiger partial charge in [-0.25, -0.2) is 9.18 Å². The number of ether oxygens (including phenoxy) is 1. The average molecular weight is 576 g/mol. The van der Waals surface area contributed by atoms with Crippen LogP contribution in [0.3, 0.4) is 0 Å². The van der Waals surface area contributed by atoms with Crippen LogP contribution in [-0.4, -0.2) is 54.9 Å². The molecule has 0 bridgehead atoms. The van der Waals surface area contributed by atoms with Crippen LogP contribution >= 0.6 is 11.6 Å². The maximum absolute atomic E-state index is 14.2. The molecule has 3 atom stereocenters. The van der Waals surface area contributed by atoms with Gasteiger partial charge in [-0.05, 0) is 92.6 Å². The standard InChI is InChI=1S/C34H39ClFN3O2/c1-38(2)31(28-10-7-11-30(36)20-28)26-14-16-27(17-15-26)32-34(33(40)41-3,21-24-12-18-29(35)19-13-24)37-23-39(32)22-25-8-5-4-6-9-25/h4-13,18-20,23,26-27,31-32H,14-17,21-22H2,1-3H3. The zero-order chi connectivity index (χ0) is 29.0. The number of benzene rings is 3. The lowest BCUT2D eigenvalue weighted by molar-refractivity contribution is -0.149. The summed E-state index contributed by atoms with van der Waals surface area (Å²) >= 11 is 6.18. The monoisotopic (exact) mass is 575 g/mol. The Morgan fingerprint density at radius 1 is 1.02 bits per heavy atom. The fourth-order valence-corrected chi connectivity index (χ4v) is 7.26. The van der Waals surface area contributed by atoms with Gasteiger partial charge < -0.3 is 14.5 Å². The number of esters is 1. The number of carbonyl (C=O) groups excluding carboxylic acids is 1. The smallest absolute Gasteiger partial charge is 0.336 e. The first-order valence-corrected chi connectivity index (χ1v) is 14.8. The predicted molar refractivity (Wildman–Crippen MR) is 162 cm³/mol. The zero-order valence-corrected chi connectivity index (χ0v) is 24.8. The molecular formula is C34H39ClFN3O2. The van der Waals surface area contributed by atoms with Crippen LogP contribution in [0.1, 0.15) is 48.4 Å². The maximum atomic E-state index is 14.2. The van der Waals surface area contributed by atoms with Gasteiger partial charge in [0.25, 0.3) is 0 Å². The number of aliphatic imine (C=N–C) groups is 1. The van der Waals surface area contributed by atoms with Crippen LogP contribution in [0.15, 0.2) is 83.9 Å². The number of halogens is 2. The van der Waals surface area contributed by atoms with Crippen molar-refractivity contribution >= 4 is 23.9 Å². The first-order chi connectivity index (χ1) is 19.8. The van der Waals surface area contributed by atoms with Crippen molar-refractivity contribution in [3.8, 4) is 0 Å². The lowest BCUT2D eigenvalue weighted by atomic mass is 9.68. The minimum absolute atomic E-state index is 0.131. The van der Waals surface area contributed by atoms with Crippen molar-refractivity contribution in [2.45, 2.75) is 56.3 Å². The Hall–Kier alpha value is -3.22. The highest BCUT2D eigenvalue weighted by Crippen LogP contribution is 2.46. The molecule has 0 aromatic heterocycles. The number of hydrogen-bond donors (Lipinski definition) is 0. The van der Waals surface area contributed by atoms with Crippen LogP contribution in [0.2, 0.25) is 5.02 Å². The van der Waals surface area contributed by atoms with Gasteiger partial charge in [0.1, 0.15) is 5.82 Å². The van der Waals surface area contributed by atoms with E-state index < -0.39 is 5.54 Å². The van der Waals surface area contributed by atoms with Crippen molar-refractivity contribution in [3.63, 3.8) is 0 Å². The van der Waals surface area contributed by atoms with Gasteiger partial charge in [0.15, 0.2) is 5.54 Å². The zero-order valence-electron chi connectivity index (χ0n) is 24.0. The molecule has 1 aliphatic carbocycles. The number of carbonyl (C=O) groups is 1. The third-order valence-electron chi connectivity index (χ3n) is 8.87. The van der Waals surface area contributed by atoms with Gasteiger partial charge >= 0.3 is 5.97 Å². The molecule has 0 spiro atoms. The molecule has 0 amide bonds. The Labute approximate surface area is 248 Å². The second kappa shape index (κ2) is 12.7. The second-order valence-electron chi connectivity index (χ2n) is 11.7. The van der Waals surface area contributed by atoms with Gasteiger partial charge in [-0.3, -0.25) is 4.99 Å². The number of nitrogens with zero attached hydrogens (tertiary/aromatic N) is 3. The van der Waals surface area contributed by atoms with E-state index in [1.54, 1.807) is 12.1 Å². The molecule has 1 saturated carbocycles. The molecule has 0 radical (unpaired) electrons. The molecular weight excluding hydrogens is 537 g/mol. The Morgan fingerprint density at radius 3 is 2.37 bits per heavy atom. The molecule has 7 heteroatoms. The summed E-state index contributed by atoms with van der Waals surface area (Å²) in [5.41, 5.74) is 2.12. The lowest BCUT2D eigenvalue weighted by Gasteiger charge is -2.44. The second-order valence-corrected chi connectivity index (χ2v) is 12.1. The third-order valence-corrected chi connectivity index (χ3v) is 9.12. The van der Waals surface area contributed by atoms with Crippen LogP contribution in [0.4, 0.5) is 4.39 Å². The highest BCUT2D eigenvalue weighted by Gasteiger charge is 2.55. The molecule has 216 valence electrons. The number of hydrogen-bond acceptors (Lipinski definition) is 5. The van der Waals surface area contributed by atoms with Crippen molar-refractivity contribution in [2.24, 2.45) is 16.8 Å². The van der Waals surface area contributed by atoms with Crippen molar-refractivity contribution in [2.75, 3.05) is 21.2 Å². The minimum atomic E-state index is -1.06. The van der Waals surface area contributed by atoms with E-state index in [9.17, 15) is 9.18 Å². The van der Waals surface area contributed by atoms with Gasteiger partial charge in [0, 0.05) is 24.0 Å². The first-order valence-electron chi connectivity index (χ1n) is 14.4. The highest BCUT2D eigenvalue weighted by atomic mass is 35.5. The topological polar surface area (TPSA) is 45.1 Å². The van der Waals surface area contributed by atoms with Crippen molar-refractivity contribution < 1.29 is 13.9 Å². The summed E-state index contributed by atoms with van der Waals surface area (Å²) in [4.78, 5) is 23.1. The number of methoxy groups -OCH3 is 1. The lowest BCUT2D eigenvalue weighted by Crippen LogP contribution is -2.57. The summed E-state index contributed by atoms with van der Waals surface area (Å²) in [5, 5.41) is 0.658. The molecule has 0 saturated heterocycles. The quantitative estimate of drug-likeness (QED) is 0.259. The largest absolute Gasteiger partial charge is 0.467 e. The Bertz CT molecular complexity index is 1340. The molecule has 1 aliphatic heterocycles. The molecule has 1 fully saturated rings. The van der Waals surface area contributed by atoms with E-state index in [2.05, 4.69) is 36.0 Å². The molecule has 3 aromatic rings. The van der Waals surface area contributed by atoms with Gasteiger partial charge in [-0.1, -0.05) is 66.2 Å². The van der Waals surface area contributed by atoms with E-state index in [-0.39, 0.29) is 29.8 Å². The van der Waals surface area contributed by atoms with E-state index in [1.165, 1.54) is 18.7 Å². The van der Waals surface area contributed by atoms with Crippen molar-refractivity contribution in [3.05, 3.63) is 106 Å². The summed E-state index contributed by atoms with van der Waals surface area (Å²) in [7, 11) is 5.60. The average Bonchev–Trinajstić information content (AvgIpc) is 3.33. The third kappa shape index (κ3) is 6.34. The van der Waals surface area contributed by atoms with Gasteiger partial charge in [-0.2, -0.15) is 0 Å². The Kier molecular flexibility index (Phi) is 9.10. The van der Waals surface area contributed by atoms with Crippen molar-refractivity contribution in [1.29, 1.82) is 0 Å². The van der Waals surface area contributed by atoms with Gasteiger partial charge in [-0.15, -0.1) is 0 Å². The Balaban J connectivity index is 1.44. The maximum Gasteiger partial charge on any atom is 0.336 e. The summed E-state index contributed by atoms with van der Waals surface area (Å²) in [6.45, 7) is 0.665. The molecule has 2 aliphatic rings. The van der Waals surface area contributed by atoms with Crippen LogP contribution in [0.5, 0.6) is 0 Å². The Morgan fingerprint density at radius 2 is 1.73 bits per heavy atom. The fraction of sp³-hybridized carbons (Fsp3) is 0.412. The molecule has 41 heavy (non-hydrogen) atoms. The molecule has 5 rings (SSSR count). The minimum Gasteiger partial charge on any atom is -0.467 e. The SMILES string of the molecule is COC(=O)C1(Cc2ccc(Cl)cc2)N=CN(Cc2ccccc2)C1C1CCC(C(c2cccc(F)c2)N(C)C)CC1. The molecule has 3 unspecified atom stereocenters. The fourth-order valence-electron chi connectivity index (χ4n) is 7.14. The predicted octanol–water partition coefficient (Wildman–Crippen LogP) is 6.96. The van der Waals surface area contributed by atoms with E-state index in [0.717, 1.165) is 36.8 Å². The van der Waals surface area contributed by atoms with Crippen LogP contribution in [0, 0.1) is 17.7 Å². The van der Waals surface area contributed by atoms with E-state index in [1.807, 2.05) is 54.9 Å². The first kappa shape index (κ1) is 29.3. The van der Waals surface area contributed by atoms with E-state index in [0.29, 0.717) is 23.9 Å². The molecule has 0 N–H and O–H groups in total. The van der Waals surface area contributed by atoms with Crippen LogP contribution < -0.4 is 0 Å². The van der Waals surface area contributed by atoms with Gasteiger partial charge in [0.05, 0.1) is 19.5 Å². The summed E-state index contributed by atoms with van der Waals surface area (Å²) in [6, 6.07) is 24.9. The van der Waals surface area contributed by atoms with E-state index in [4.69, 9.17) is 21.3 Å². The van der Waals surface area contributed by atoms with Crippen LogP contribution in [0.25, 0.3) is 0 Å². The molecule has 5 nitrogen and oxygen atoms in total. The van der Waals surface area contributed by atoms with Crippen LogP contribution in [-0.2, 0) is 22.5 Å². The van der Waals surface area contributed by atoms with Crippen molar-refractivity contribution in [1.82, 2.24) is 9.80 Å². The number of rotatable bonds is 9. The molecule has 1 heterocycles.